The third-order valence-electron chi connectivity index (χ3n) is 3.19. The van der Waals surface area contributed by atoms with Crippen molar-refractivity contribution in [1.82, 2.24) is 19.6 Å². The minimum absolute atomic E-state index is 0.329. The summed E-state index contributed by atoms with van der Waals surface area (Å²) in [5, 5.41) is 8.67. The molecule has 102 valence electrons. The van der Waals surface area contributed by atoms with Crippen LogP contribution in [0, 0.1) is 5.82 Å². The molecule has 2 heterocycles. The number of halogens is 1. The predicted molar refractivity (Wildman–Crippen MR) is 75.2 cm³/mol. The predicted octanol–water partition coefficient (Wildman–Crippen LogP) is 2.21. The number of anilines is 1. The fourth-order valence-electron chi connectivity index (χ4n) is 2.19. The first-order valence-electron chi connectivity index (χ1n) is 6.15. The van der Waals surface area contributed by atoms with Crippen molar-refractivity contribution < 1.29 is 4.39 Å². The van der Waals surface area contributed by atoms with Crippen LogP contribution < -0.4 is 5.73 Å². The largest absolute Gasteiger partial charge is 0.383 e. The maximum Gasteiger partial charge on any atom is 0.131 e. The molecule has 2 N–H and O–H groups in total. The lowest BCUT2D eigenvalue weighted by Crippen LogP contribution is -1.98. The smallest absolute Gasteiger partial charge is 0.131 e. The zero-order chi connectivity index (χ0) is 14.3. The number of nitrogen functional groups attached to an aromatic ring is 1. The number of aryl methyl sites for hydroxylation is 2. The van der Waals surface area contributed by atoms with Gasteiger partial charge in [0.25, 0.3) is 0 Å². The molecule has 0 radical (unpaired) electrons. The number of benzene rings is 1. The van der Waals surface area contributed by atoms with E-state index in [1.165, 1.54) is 10.7 Å². The second-order valence-corrected chi connectivity index (χ2v) is 4.59. The molecule has 0 saturated heterocycles. The average Bonchev–Trinajstić information content (AvgIpc) is 2.96. The molecule has 0 aliphatic carbocycles. The van der Waals surface area contributed by atoms with Gasteiger partial charge in [-0.15, -0.1) is 0 Å². The topological polar surface area (TPSA) is 61.7 Å². The van der Waals surface area contributed by atoms with Gasteiger partial charge in [-0.2, -0.15) is 10.2 Å². The Hall–Kier alpha value is -2.63. The number of aromatic nitrogens is 4. The highest BCUT2D eigenvalue weighted by Gasteiger charge is 2.21. The molecular weight excluding hydrogens is 257 g/mol. The van der Waals surface area contributed by atoms with Crippen LogP contribution in [0.15, 0.2) is 36.5 Å². The molecule has 0 bridgehead atoms. The first kappa shape index (κ1) is 12.4. The molecule has 0 spiro atoms. The van der Waals surface area contributed by atoms with E-state index >= 15 is 0 Å². The summed E-state index contributed by atoms with van der Waals surface area (Å²) in [6, 6.07) is 8.34. The number of nitrogens with two attached hydrogens (primary N) is 1. The molecule has 0 fully saturated rings. The lowest BCUT2D eigenvalue weighted by atomic mass is 10.0. The Morgan fingerprint density at radius 3 is 2.50 bits per heavy atom. The zero-order valence-corrected chi connectivity index (χ0v) is 11.2. The normalized spacial score (nSPS) is 10.9. The fourth-order valence-corrected chi connectivity index (χ4v) is 2.19. The number of nitrogens with zero attached hydrogens (tertiary/aromatic N) is 4. The van der Waals surface area contributed by atoms with Crippen molar-refractivity contribution in [3.05, 3.63) is 42.3 Å². The molecule has 0 amide bonds. The van der Waals surface area contributed by atoms with E-state index < -0.39 is 0 Å². The van der Waals surface area contributed by atoms with Gasteiger partial charge in [-0.1, -0.05) is 18.2 Å². The van der Waals surface area contributed by atoms with E-state index in [9.17, 15) is 4.39 Å². The molecule has 6 heteroatoms. The number of hydrogen-bond acceptors (Lipinski definition) is 3. The van der Waals surface area contributed by atoms with Crippen molar-refractivity contribution in [2.24, 2.45) is 14.1 Å². The first-order valence-corrected chi connectivity index (χ1v) is 6.15. The zero-order valence-electron chi connectivity index (χ0n) is 11.2. The Kier molecular flexibility index (Phi) is 2.78. The maximum atomic E-state index is 14.0. The van der Waals surface area contributed by atoms with Crippen LogP contribution in [0.3, 0.4) is 0 Å². The lowest BCUT2D eigenvalue weighted by molar-refractivity contribution is 0.631. The summed E-state index contributed by atoms with van der Waals surface area (Å²) < 4.78 is 17.3. The van der Waals surface area contributed by atoms with E-state index in [1.54, 1.807) is 29.9 Å². The standard InChI is InChI=1S/C14H14FN5/c1-19-8-7-11(17-19)13-12(14(16)20(2)18-13)9-5-3-4-6-10(9)15/h3-8H,16H2,1-2H3. The minimum atomic E-state index is -0.329. The van der Waals surface area contributed by atoms with Crippen LogP contribution in [0.4, 0.5) is 10.2 Å². The minimum Gasteiger partial charge on any atom is -0.383 e. The summed E-state index contributed by atoms with van der Waals surface area (Å²) >= 11 is 0. The highest BCUT2D eigenvalue weighted by molar-refractivity contribution is 5.87. The van der Waals surface area contributed by atoms with E-state index in [2.05, 4.69) is 10.2 Å². The van der Waals surface area contributed by atoms with Crippen LogP contribution in [0.5, 0.6) is 0 Å². The van der Waals surface area contributed by atoms with Crippen molar-refractivity contribution in [1.29, 1.82) is 0 Å². The summed E-state index contributed by atoms with van der Waals surface area (Å²) in [5.41, 5.74) is 8.29. The molecule has 20 heavy (non-hydrogen) atoms. The van der Waals surface area contributed by atoms with Gasteiger partial charge in [-0.3, -0.25) is 9.36 Å². The highest BCUT2D eigenvalue weighted by Crippen LogP contribution is 2.36. The van der Waals surface area contributed by atoms with Gasteiger partial charge in [0.1, 0.15) is 23.0 Å². The van der Waals surface area contributed by atoms with Crippen LogP contribution in [0.25, 0.3) is 22.5 Å². The molecular formula is C14H14FN5. The molecule has 2 aromatic heterocycles. The highest BCUT2D eigenvalue weighted by atomic mass is 19.1. The van der Waals surface area contributed by atoms with Crippen LogP contribution in [0.2, 0.25) is 0 Å². The van der Waals surface area contributed by atoms with E-state index in [0.717, 1.165) is 0 Å². The molecule has 0 unspecified atom stereocenters. The molecule has 0 aliphatic heterocycles. The van der Waals surface area contributed by atoms with E-state index in [-0.39, 0.29) is 5.82 Å². The van der Waals surface area contributed by atoms with Crippen molar-refractivity contribution in [3.63, 3.8) is 0 Å². The second kappa shape index (κ2) is 4.48. The third kappa shape index (κ3) is 1.85. The Morgan fingerprint density at radius 2 is 1.85 bits per heavy atom. The SMILES string of the molecule is Cn1ccc(-c2nn(C)c(N)c2-c2ccccc2F)n1. The number of hydrogen-bond donors (Lipinski definition) is 1. The Labute approximate surface area is 115 Å². The van der Waals surface area contributed by atoms with Crippen LogP contribution in [0.1, 0.15) is 0 Å². The summed E-state index contributed by atoms with van der Waals surface area (Å²) in [6.07, 6.45) is 1.81. The van der Waals surface area contributed by atoms with Gasteiger partial charge >= 0.3 is 0 Å². The average molecular weight is 271 g/mol. The fraction of sp³-hybridized carbons (Fsp3) is 0.143. The molecule has 5 nitrogen and oxygen atoms in total. The van der Waals surface area contributed by atoms with Crippen LogP contribution >= 0.6 is 0 Å². The summed E-state index contributed by atoms with van der Waals surface area (Å²) in [4.78, 5) is 0. The Balaban J connectivity index is 2.28. The monoisotopic (exact) mass is 271 g/mol. The van der Waals surface area contributed by atoms with E-state index in [0.29, 0.717) is 28.3 Å². The van der Waals surface area contributed by atoms with Crippen LogP contribution in [-0.2, 0) is 14.1 Å². The van der Waals surface area contributed by atoms with Gasteiger partial charge in [0.05, 0.1) is 5.56 Å². The lowest BCUT2D eigenvalue weighted by Gasteiger charge is -2.04. The first-order chi connectivity index (χ1) is 9.58. The Bertz CT molecular complexity index is 772. The maximum absolute atomic E-state index is 14.0. The summed E-state index contributed by atoms with van der Waals surface area (Å²) in [7, 11) is 3.55. The molecule has 0 atom stereocenters. The van der Waals surface area contributed by atoms with Gasteiger partial charge in [0.15, 0.2) is 0 Å². The van der Waals surface area contributed by atoms with Crippen molar-refractivity contribution in [2.75, 3.05) is 5.73 Å². The quantitative estimate of drug-likeness (QED) is 0.777. The molecule has 1 aromatic carbocycles. The summed E-state index contributed by atoms with van der Waals surface area (Å²) in [5.74, 6) is 0.0835. The molecule has 0 saturated carbocycles. The van der Waals surface area contributed by atoms with Gasteiger partial charge in [-0.05, 0) is 12.1 Å². The third-order valence-corrected chi connectivity index (χ3v) is 3.19. The van der Waals surface area contributed by atoms with E-state index in [1.807, 2.05) is 19.3 Å². The molecule has 3 rings (SSSR count). The number of rotatable bonds is 2. The Morgan fingerprint density at radius 1 is 1.10 bits per heavy atom. The van der Waals surface area contributed by atoms with Gasteiger partial charge in [0.2, 0.25) is 0 Å². The van der Waals surface area contributed by atoms with Crippen LogP contribution in [-0.4, -0.2) is 19.6 Å². The molecule has 0 aliphatic rings. The van der Waals surface area contributed by atoms with Gasteiger partial charge in [-0.25, -0.2) is 4.39 Å². The van der Waals surface area contributed by atoms with Crippen molar-refractivity contribution >= 4 is 5.82 Å². The summed E-state index contributed by atoms with van der Waals surface area (Å²) in [6.45, 7) is 0. The second-order valence-electron chi connectivity index (χ2n) is 4.59. The van der Waals surface area contributed by atoms with Gasteiger partial charge < -0.3 is 5.73 Å². The van der Waals surface area contributed by atoms with Crippen molar-refractivity contribution in [2.45, 2.75) is 0 Å². The van der Waals surface area contributed by atoms with Crippen molar-refractivity contribution in [3.8, 4) is 22.5 Å². The van der Waals surface area contributed by atoms with Gasteiger partial charge in [0, 0.05) is 25.9 Å². The van der Waals surface area contributed by atoms with E-state index in [4.69, 9.17) is 5.73 Å². The molecule has 3 aromatic rings.